The van der Waals surface area contributed by atoms with Gasteiger partial charge in [-0.05, 0) is 30.2 Å². The van der Waals surface area contributed by atoms with Crippen LogP contribution in [0.25, 0.3) is 0 Å². The van der Waals surface area contributed by atoms with Crippen molar-refractivity contribution in [2.45, 2.75) is 12.3 Å². The summed E-state index contributed by atoms with van der Waals surface area (Å²) in [6.45, 7) is 0. The van der Waals surface area contributed by atoms with E-state index in [2.05, 4.69) is 0 Å². The van der Waals surface area contributed by atoms with E-state index >= 15 is 0 Å². The van der Waals surface area contributed by atoms with Crippen LogP contribution in [-0.2, 0) is 6.42 Å². The summed E-state index contributed by atoms with van der Waals surface area (Å²) >= 11 is 0. The van der Waals surface area contributed by atoms with Crippen molar-refractivity contribution < 1.29 is 13.9 Å². The fourth-order valence-electron chi connectivity index (χ4n) is 3.06. The lowest BCUT2D eigenvalue weighted by Crippen LogP contribution is -2.09. The molecule has 0 amide bonds. The fraction of sp³-hybridized carbons (Fsp3) is 0.200. The maximum atomic E-state index is 5.92. The molecule has 4 N–H and O–H groups in total. The van der Waals surface area contributed by atoms with E-state index in [4.69, 9.17) is 25.4 Å². The summed E-state index contributed by atoms with van der Waals surface area (Å²) in [4.78, 5) is 0. The Kier molecular flexibility index (Phi) is 4.84. The Morgan fingerprint density at radius 3 is 1.88 bits per heavy atom. The van der Waals surface area contributed by atoms with Gasteiger partial charge in [0.25, 0.3) is 0 Å². The van der Waals surface area contributed by atoms with Crippen LogP contribution in [0, 0.1) is 0 Å². The Hall–Kier alpha value is -3.08. The second kappa shape index (κ2) is 7.21. The van der Waals surface area contributed by atoms with E-state index in [1.807, 2.05) is 42.5 Å². The number of furan rings is 1. The molecule has 3 rings (SSSR count). The first-order valence-electron chi connectivity index (χ1n) is 8.00. The number of methoxy groups -OCH3 is 2. The van der Waals surface area contributed by atoms with Gasteiger partial charge in [0.15, 0.2) is 0 Å². The molecule has 130 valence electrons. The summed E-state index contributed by atoms with van der Waals surface area (Å²) in [5, 5.41) is 0. The molecule has 0 aliphatic heterocycles. The number of hydrogen-bond acceptors (Lipinski definition) is 5. The Balaban J connectivity index is 2.13. The Labute approximate surface area is 147 Å². The standard InChI is InChI=1S/C20H22N2O3/c1-23-19-10-14(21)3-5-16(19)18(9-13-7-8-25-12-13)17-6-4-15(22)11-20(17)24-2/h3-8,10-12,18H,9,21-22H2,1-2H3. The summed E-state index contributed by atoms with van der Waals surface area (Å²) in [7, 11) is 3.29. The largest absolute Gasteiger partial charge is 0.496 e. The van der Waals surface area contributed by atoms with E-state index in [0.717, 1.165) is 34.6 Å². The van der Waals surface area contributed by atoms with Crippen LogP contribution in [0.2, 0.25) is 0 Å². The van der Waals surface area contributed by atoms with Crippen molar-refractivity contribution in [3.8, 4) is 11.5 Å². The SMILES string of the molecule is COc1cc(N)ccc1C(Cc1ccoc1)c1ccc(N)cc1OC. The molecule has 0 fully saturated rings. The minimum absolute atomic E-state index is 0.00343. The molecular formula is C20H22N2O3. The number of benzene rings is 2. The number of anilines is 2. The lowest BCUT2D eigenvalue weighted by Gasteiger charge is -2.22. The van der Waals surface area contributed by atoms with Gasteiger partial charge < -0.3 is 25.4 Å². The van der Waals surface area contributed by atoms with Gasteiger partial charge in [-0.1, -0.05) is 12.1 Å². The van der Waals surface area contributed by atoms with E-state index in [9.17, 15) is 0 Å². The molecule has 3 aromatic rings. The molecule has 0 saturated carbocycles. The summed E-state index contributed by atoms with van der Waals surface area (Å²) in [6, 6.07) is 13.4. The predicted molar refractivity (Wildman–Crippen MR) is 99.1 cm³/mol. The van der Waals surface area contributed by atoms with Gasteiger partial charge in [-0.15, -0.1) is 0 Å². The molecular weight excluding hydrogens is 316 g/mol. The van der Waals surface area contributed by atoms with Crippen molar-refractivity contribution in [1.82, 2.24) is 0 Å². The number of rotatable bonds is 6. The molecule has 0 saturated heterocycles. The zero-order valence-electron chi connectivity index (χ0n) is 14.4. The lowest BCUT2D eigenvalue weighted by atomic mass is 9.85. The minimum atomic E-state index is 0.00343. The van der Waals surface area contributed by atoms with Crippen LogP contribution in [0.15, 0.2) is 59.4 Å². The zero-order valence-corrected chi connectivity index (χ0v) is 14.4. The summed E-state index contributed by atoms with van der Waals surface area (Å²) in [5.74, 6) is 1.49. The van der Waals surface area contributed by atoms with Gasteiger partial charge in [0.2, 0.25) is 0 Å². The third-order valence-corrected chi connectivity index (χ3v) is 4.29. The number of nitrogens with two attached hydrogens (primary N) is 2. The zero-order chi connectivity index (χ0) is 17.8. The van der Waals surface area contributed by atoms with Crippen molar-refractivity contribution in [3.05, 3.63) is 71.7 Å². The van der Waals surface area contributed by atoms with Gasteiger partial charge in [-0.2, -0.15) is 0 Å². The second-order valence-electron chi connectivity index (χ2n) is 5.89. The lowest BCUT2D eigenvalue weighted by molar-refractivity contribution is 0.399. The molecule has 1 heterocycles. The van der Waals surface area contributed by atoms with E-state index in [0.29, 0.717) is 11.4 Å². The van der Waals surface area contributed by atoms with Crippen LogP contribution in [0.4, 0.5) is 11.4 Å². The average molecular weight is 338 g/mol. The van der Waals surface area contributed by atoms with Gasteiger partial charge in [0.1, 0.15) is 11.5 Å². The summed E-state index contributed by atoms with van der Waals surface area (Å²) < 4.78 is 16.4. The molecule has 0 aliphatic rings. The molecule has 2 aromatic carbocycles. The highest BCUT2D eigenvalue weighted by Gasteiger charge is 2.23. The van der Waals surface area contributed by atoms with Crippen LogP contribution < -0.4 is 20.9 Å². The van der Waals surface area contributed by atoms with E-state index in [-0.39, 0.29) is 5.92 Å². The average Bonchev–Trinajstić information content (AvgIpc) is 3.13. The van der Waals surface area contributed by atoms with Gasteiger partial charge in [0.05, 0.1) is 26.7 Å². The normalized spacial score (nSPS) is 10.8. The van der Waals surface area contributed by atoms with Gasteiger partial charge >= 0.3 is 0 Å². The summed E-state index contributed by atoms with van der Waals surface area (Å²) in [5.41, 5.74) is 16.3. The minimum Gasteiger partial charge on any atom is -0.496 e. The third kappa shape index (κ3) is 3.55. The molecule has 5 nitrogen and oxygen atoms in total. The number of nitrogen functional groups attached to an aromatic ring is 2. The van der Waals surface area contributed by atoms with E-state index in [1.54, 1.807) is 26.7 Å². The van der Waals surface area contributed by atoms with Gasteiger partial charge in [-0.25, -0.2) is 0 Å². The van der Waals surface area contributed by atoms with Crippen LogP contribution in [0.5, 0.6) is 11.5 Å². The number of hydrogen-bond donors (Lipinski definition) is 2. The molecule has 0 spiro atoms. The molecule has 0 atom stereocenters. The van der Waals surface area contributed by atoms with E-state index in [1.165, 1.54) is 0 Å². The molecule has 0 aliphatic carbocycles. The van der Waals surface area contributed by atoms with Crippen LogP contribution in [0.1, 0.15) is 22.6 Å². The molecule has 0 radical (unpaired) electrons. The fourth-order valence-corrected chi connectivity index (χ4v) is 3.06. The van der Waals surface area contributed by atoms with E-state index < -0.39 is 0 Å². The third-order valence-electron chi connectivity index (χ3n) is 4.29. The van der Waals surface area contributed by atoms with Crippen molar-refractivity contribution in [1.29, 1.82) is 0 Å². The highest BCUT2D eigenvalue weighted by molar-refractivity contribution is 5.56. The first-order valence-corrected chi connectivity index (χ1v) is 8.00. The monoisotopic (exact) mass is 338 g/mol. The smallest absolute Gasteiger partial charge is 0.124 e. The van der Waals surface area contributed by atoms with Gasteiger partial charge in [0, 0.05) is 40.6 Å². The van der Waals surface area contributed by atoms with Crippen molar-refractivity contribution >= 4 is 11.4 Å². The Morgan fingerprint density at radius 2 is 1.44 bits per heavy atom. The van der Waals surface area contributed by atoms with Crippen LogP contribution in [0.3, 0.4) is 0 Å². The highest BCUT2D eigenvalue weighted by Crippen LogP contribution is 2.40. The summed E-state index contributed by atoms with van der Waals surface area (Å²) in [6.07, 6.45) is 4.16. The maximum Gasteiger partial charge on any atom is 0.124 e. The van der Waals surface area contributed by atoms with Crippen molar-refractivity contribution in [2.24, 2.45) is 0 Å². The Bertz CT molecular complexity index is 791. The molecule has 5 heteroatoms. The number of ether oxygens (including phenoxy) is 2. The predicted octanol–water partition coefficient (Wildman–Crippen LogP) is 3.84. The molecule has 0 unspecified atom stereocenters. The van der Waals surface area contributed by atoms with Crippen molar-refractivity contribution in [3.63, 3.8) is 0 Å². The topological polar surface area (TPSA) is 83.6 Å². The molecule has 1 aromatic heterocycles. The second-order valence-corrected chi connectivity index (χ2v) is 5.89. The quantitative estimate of drug-likeness (QED) is 0.667. The first-order chi connectivity index (χ1) is 12.1. The maximum absolute atomic E-state index is 5.92. The van der Waals surface area contributed by atoms with Crippen LogP contribution in [-0.4, -0.2) is 14.2 Å². The first kappa shape index (κ1) is 16.8. The van der Waals surface area contributed by atoms with Crippen molar-refractivity contribution in [2.75, 3.05) is 25.7 Å². The highest BCUT2D eigenvalue weighted by atomic mass is 16.5. The molecule has 0 bridgehead atoms. The van der Waals surface area contributed by atoms with Crippen LogP contribution >= 0.6 is 0 Å². The molecule has 25 heavy (non-hydrogen) atoms. The van der Waals surface area contributed by atoms with Gasteiger partial charge in [-0.3, -0.25) is 0 Å². The Morgan fingerprint density at radius 1 is 0.880 bits per heavy atom.